The predicted octanol–water partition coefficient (Wildman–Crippen LogP) is 4.48. The van der Waals surface area contributed by atoms with Crippen molar-refractivity contribution in [1.29, 1.82) is 0 Å². The molecule has 0 fully saturated rings. The van der Waals surface area contributed by atoms with Gasteiger partial charge in [0.2, 0.25) is 0 Å². The molecule has 2 N–H and O–H groups in total. The van der Waals surface area contributed by atoms with Crippen LogP contribution in [0.3, 0.4) is 0 Å². The van der Waals surface area contributed by atoms with Gasteiger partial charge in [0.15, 0.2) is 5.82 Å². The van der Waals surface area contributed by atoms with Crippen molar-refractivity contribution >= 4 is 55.7 Å². The Morgan fingerprint density at radius 3 is 2.81 bits per heavy atom. The summed E-state index contributed by atoms with van der Waals surface area (Å²) < 4.78 is 9.25. The van der Waals surface area contributed by atoms with E-state index in [9.17, 15) is 4.79 Å². The lowest BCUT2D eigenvalue weighted by molar-refractivity contribution is 0.168. The predicted molar refractivity (Wildman–Crippen MR) is 110 cm³/mol. The van der Waals surface area contributed by atoms with Gasteiger partial charge in [0, 0.05) is 4.88 Å². The molecule has 27 heavy (non-hydrogen) atoms. The van der Waals surface area contributed by atoms with Gasteiger partial charge >= 0.3 is 6.09 Å². The third kappa shape index (κ3) is 3.91. The Hall–Kier alpha value is -2.59. The Morgan fingerprint density at radius 2 is 2.07 bits per heavy atom. The van der Waals surface area contributed by atoms with Crippen molar-refractivity contribution in [2.75, 3.05) is 17.3 Å². The molecule has 142 valence electrons. The van der Waals surface area contributed by atoms with Gasteiger partial charge in [0.25, 0.3) is 0 Å². The number of rotatable bonds is 5. The van der Waals surface area contributed by atoms with Crippen LogP contribution in [-0.4, -0.2) is 32.8 Å². The molecular formula is C17H20N6O2S2. The van der Waals surface area contributed by atoms with Crippen molar-refractivity contribution in [3.63, 3.8) is 0 Å². The number of aromatic nitrogens is 3. The molecule has 0 aliphatic rings. The molecule has 0 radical (unpaired) electrons. The number of amides is 1. The van der Waals surface area contributed by atoms with E-state index in [1.807, 2.05) is 20.8 Å². The van der Waals surface area contributed by atoms with E-state index in [2.05, 4.69) is 37.1 Å². The summed E-state index contributed by atoms with van der Waals surface area (Å²) in [4.78, 5) is 22.5. The second-order valence-corrected chi connectivity index (χ2v) is 7.79. The number of fused-ring (bicyclic) bond motifs is 1. The van der Waals surface area contributed by atoms with Crippen LogP contribution >= 0.6 is 22.9 Å². The van der Waals surface area contributed by atoms with Crippen LogP contribution in [0.25, 0.3) is 10.2 Å². The van der Waals surface area contributed by atoms with Crippen molar-refractivity contribution in [3.8, 4) is 0 Å². The molecule has 3 rings (SSSR count). The fraction of sp³-hybridized carbons (Fsp3) is 0.353. The Labute approximate surface area is 164 Å². The minimum atomic E-state index is -0.509. The number of hydrogen-bond donors (Lipinski definition) is 2. The number of hydrogen-bond acceptors (Lipinski definition) is 9. The molecule has 1 amide bonds. The number of nitrogens with zero attached hydrogens (tertiary/aromatic N) is 4. The number of nitrogens with one attached hydrogen (secondary N) is 2. The van der Waals surface area contributed by atoms with Gasteiger partial charge in [-0.25, -0.2) is 14.8 Å². The first-order chi connectivity index (χ1) is 12.9. The molecule has 0 spiro atoms. The Morgan fingerprint density at radius 1 is 1.30 bits per heavy atom. The first-order valence-corrected chi connectivity index (χ1v) is 9.92. The number of anilines is 2. The molecular weight excluding hydrogens is 384 g/mol. The zero-order valence-electron chi connectivity index (χ0n) is 15.7. The highest BCUT2D eigenvalue weighted by Crippen LogP contribution is 2.32. The molecule has 3 aromatic rings. The van der Waals surface area contributed by atoms with Gasteiger partial charge in [0.1, 0.15) is 16.2 Å². The van der Waals surface area contributed by atoms with Crippen LogP contribution in [0.2, 0.25) is 0 Å². The van der Waals surface area contributed by atoms with Gasteiger partial charge in [-0.2, -0.15) is 9.47 Å². The first-order valence-electron chi connectivity index (χ1n) is 8.33. The topological polar surface area (TPSA) is 101 Å². The van der Waals surface area contributed by atoms with E-state index < -0.39 is 6.09 Å². The average Bonchev–Trinajstić information content (AvgIpc) is 3.13. The molecule has 0 aromatic carbocycles. The maximum absolute atomic E-state index is 11.7. The summed E-state index contributed by atoms with van der Waals surface area (Å²) >= 11 is 2.83. The summed E-state index contributed by atoms with van der Waals surface area (Å²) in [5.41, 5.74) is 6.42. The summed E-state index contributed by atoms with van der Waals surface area (Å²) in [5, 5.41) is 8.76. The van der Waals surface area contributed by atoms with E-state index in [1.54, 1.807) is 18.3 Å². The molecule has 8 nitrogen and oxygen atoms in total. The zero-order valence-corrected chi connectivity index (χ0v) is 17.3. The lowest BCUT2D eigenvalue weighted by atomic mass is 10.2. The maximum Gasteiger partial charge on any atom is 0.412 e. The smallest absolute Gasteiger partial charge is 0.412 e. The van der Waals surface area contributed by atoms with Gasteiger partial charge in [-0.05, 0) is 51.7 Å². The third-order valence-electron chi connectivity index (χ3n) is 4.01. The summed E-state index contributed by atoms with van der Waals surface area (Å²) in [6, 6.07) is 0. The molecule has 0 atom stereocenters. The van der Waals surface area contributed by atoms with E-state index in [0.29, 0.717) is 23.1 Å². The molecule has 0 unspecified atom stereocenters. The largest absolute Gasteiger partial charge is 0.450 e. The standard InChI is InChI=1S/C17H20N6O2S2/c1-6-25-17(24)20-16-13(10(4)23-27-16)9(3)21-22-14-12-8(2)11(5)26-15(12)19-7-18-14/h7H,6H2,1-5H3,(H,20,24)(H,18,19,22)/b21-9+. The Balaban J connectivity index is 1.89. The number of hydrazone groups is 1. The van der Waals surface area contributed by atoms with E-state index in [4.69, 9.17) is 4.74 Å². The van der Waals surface area contributed by atoms with E-state index >= 15 is 0 Å². The van der Waals surface area contributed by atoms with Crippen LogP contribution in [0.15, 0.2) is 11.4 Å². The Kier molecular flexibility index (Phi) is 5.66. The minimum Gasteiger partial charge on any atom is -0.450 e. The SMILES string of the molecule is CCOC(=O)Nc1snc(C)c1/C(C)=N/Nc1ncnc2sc(C)c(C)c12. The highest BCUT2D eigenvalue weighted by atomic mass is 32.1. The van der Waals surface area contributed by atoms with E-state index in [1.165, 1.54) is 22.7 Å². The van der Waals surface area contributed by atoms with Crippen molar-refractivity contribution in [3.05, 3.63) is 28.0 Å². The number of carbonyl (C=O) groups excluding carboxylic acids is 1. The van der Waals surface area contributed by atoms with Gasteiger partial charge in [-0.15, -0.1) is 11.3 Å². The molecule has 0 saturated carbocycles. The second-order valence-electron chi connectivity index (χ2n) is 5.81. The van der Waals surface area contributed by atoms with E-state index in [-0.39, 0.29) is 0 Å². The van der Waals surface area contributed by atoms with Crippen molar-refractivity contribution in [2.45, 2.75) is 34.6 Å². The Bertz CT molecular complexity index is 1020. The van der Waals surface area contributed by atoms with Crippen molar-refractivity contribution in [1.82, 2.24) is 14.3 Å². The van der Waals surface area contributed by atoms with Crippen LogP contribution in [-0.2, 0) is 4.74 Å². The molecule has 0 aliphatic carbocycles. The monoisotopic (exact) mass is 404 g/mol. The van der Waals surface area contributed by atoms with Crippen LogP contribution in [0.1, 0.15) is 35.5 Å². The van der Waals surface area contributed by atoms with E-state index in [0.717, 1.165) is 27.0 Å². The first kappa shape index (κ1) is 19.2. The lowest BCUT2D eigenvalue weighted by Crippen LogP contribution is -2.14. The fourth-order valence-corrected chi connectivity index (χ4v) is 4.43. The molecule has 3 aromatic heterocycles. The van der Waals surface area contributed by atoms with Gasteiger partial charge in [-0.3, -0.25) is 10.7 Å². The van der Waals surface area contributed by atoms with Gasteiger partial charge in [0.05, 0.1) is 29.0 Å². The zero-order chi connectivity index (χ0) is 19.6. The van der Waals surface area contributed by atoms with Crippen LogP contribution in [0.4, 0.5) is 15.6 Å². The normalized spacial score (nSPS) is 11.7. The summed E-state index contributed by atoms with van der Waals surface area (Å²) in [6.45, 7) is 9.89. The second kappa shape index (κ2) is 7.97. The number of thiophene rings is 1. The molecule has 0 bridgehead atoms. The highest BCUT2D eigenvalue weighted by Gasteiger charge is 2.17. The number of carbonyl (C=O) groups is 1. The van der Waals surface area contributed by atoms with Crippen LogP contribution < -0.4 is 10.7 Å². The average molecular weight is 405 g/mol. The number of aryl methyl sites for hydroxylation is 3. The van der Waals surface area contributed by atoms with Gasteiger partial charge < -0.3 is 4.74 Å². The maximum atomic E-state index is 11.7. The van der Waals surface area contributed by atoms with Crippen molar-refractivity contribution in [2.24, 2.45) is 5.10 Å². The third-order valence-corrected chi connectivity index (χ3v) is 5.98. The van der Waals surface area contributed by atoms with Crippen LogP contribution in [0.5, 0.6) is 0 Å². The fourth-order valence-electron chi connectivity index (χ4n) is 2.60. The highest BCUT2D eigenvalue weighted by molar-refractivity contribution is 7.18. The van der Waals surface area contributed by atoms with Gasteiger partial charge in [-0.1, -0.05) is 0 Å². The van der Waals surface area contributed by atoms with Crippen LogP contribution in [0, 0.1) is 20.8 Å². The quantitative estimate of drug-likeness (QED) is 0.480. The number of ether oxygens (including phenoxy) is 1. The summed E-state index contributed by atoms with van der Waals surface area (Å²) in [5.74, 6) is 0.655. The summed E-state index contributed by atoms with van der Waals surface area (Å²) in [6.07, 6.45) is 1.01. The summed E-state index contributed by atoms with van der Waals surface area (Å²) in [7, 11) is 0. The minimum absolute atomic E-state index is 0.302. The molecule has 0 aliphatic heterocycles. The lowest BCUT2D eigenvalue weighted by Gasteiger charge is -2.07. The molecule has 10 heteroatoms. The molecule has 3 heterocycles. The van der Waals surface area contributed by atoms with Crippen molar-refractivity contribution < 1.29 is 9.53 Å². The molecule has 0 saturated heterocycles.